The number of carboxylic acids is 1. The first-order chi connectivity index (χ1) is 31.1. The van der Waals surface area contributed by atoms with E-state index in [1.807, 2.05) is 172 Å². The van der Waals surface area contributed by atoms with E-state index in [0.717, 1.165) is 81.9 Å². The molecule has 66 heavy (non-hydrogen) atoms. The highest BCUT2D eigenvalue weighted by Crippen LogP contribution is 2.47. The van der Waals surface area contributed by atoms with E-state index in [1.165, 1.54) is 0 Å². The van der Waals surface area contributed by atoms with Crippen molar-refractivity contribution in [1.82, 2.24) is 4.98 Å². The number of anilines is 1. The monoisotopic (exact) mass is 990 g/mol. The van der Waals surface area contributed by atoms with Crippen molar-refractivity contribution in [3.05, 3.63) is 152 Å². The Kier molecular flexibility index (Phi) is 15.7. The Morgan fingerprint density at radius 2 is 1.06 bits per heavy atom. The van der Waals surface area contributed by atoms with Crippen molar-refractivity contribution in [2.24, 2.45) is 0 Å². The average Bonchev–Trinajstić information content (AvgIpc) is 3.26. The number of carboxylic acid groups (broad SMARTS) is 1. The summed E-state index contributed by atoms with van der Waals surface area (Å²) in [6.07, 6.45) is -0.194. The number of carbonyl (C=O) groups excluding carboxylic acids is 1. The maximum atomic E-state index is 13.1. The number of ether oxygens (including phenoxy) is 3. The van der Waals surface area contributed by atoms with Gasteiger partial charge < -0.3 is 24.2 Å². The summed E-state index contributed by atoms with van der Waals surface area (Å²) in [7, 11) is 3.89. The Balaban J connectivity index is 0.000000222. The van der Waals surface area contributed by atoms with E-state index >= 15 is 0 Å². The summed E-state index contributed by atoms with van der Waals surface area (Å²) in [5.41, 5.74) is 7.49. The Bertz CT molecular complexity index is 2870. The molecule has 6 aromatic carbocycles. The summed E-state index contributed by atoms with van der Waals surface area (Å²) in [5.74, 6) is -0.586. The number of fused-ring (bicyclic) bond motifs is 2. The molecule has 7 aromatic rings. The van der Waals surface area contributed by atoms with Crippen LogP contribution in [-0.4, -0.2) is 53.9 Å². The number of benzene rings is 6. The van der Waals surface area contributed by atoms with Crippen LogP contribution in [0.15, 0.2) is 120 Å². The van der Waals surface area contributed by atoms with Crippen LogP contribution in [0.1, 0.15) is 82.9 Å². The van der Waals surface area contributed by atoms with E-state index in [4.69, 9.17) is 37.4 Å². The summed E-state index contributed by atoms with van der Waals surface area (Å²) in [5, 5.41) is 15.7. The fraction of sp³-hybridized carbons (Fsp3) is 0.291. The lowest BCUT2D eigenvalue weighted by molar-refractivity contribution is -0.166. The molecule has 11 heteroatoms. The van der Waals surface area contributed by atoms with Crippen molar-refractivity contribution < 1.29 is 28.9 Å². The highest BCUT2D eigenvalue weighted by Gasteiger charge is 2.35. The third-order valence-electron chi connectivity index (χ3n) is 10.9. The Hall–Kier alpha value is -5.29. The molecule has 1 heterocycles. The minimum atomic E-state index is -1.17. The molecule has 0 fully saturated rings. The van der Waals surface area contributed by atoms with Gasteiger partial charge in [0.2, 0.25) is 0 Å². The first kappa shape index (κ1) is 50.1. The van der Waals surface area contributed by atoms with E-state index < -0.39 is 35.3 Å². The van der Waals surface area contributed by atoms with E-state index in [2.05, 4.69) is 39.1 Å². The van der Waals surface area contributed by atoms with Crippen LogP contribution in [-0.2, 0) is 23.8 Å². The van der Waals surface area contributed by atoms with Crippen LogP contribution in [0.4, 0.5) is 5.82 Å². The third-order valence-corrected chi connectivity index (χ3v) is 12.4. The SMILES string of the molecule is CCOC(=O)C(OC(C)(C)C)c1c(C)c(Br)c2ccccc2c1-c1ccc(Cl)cc1.Cc1c(C(OC(C)(C)C)C(=O)O)c(-c2ccc(Cl)cc2)c2ccccc2c1-c1ccc(N(C)C)nc1. The minimum Gasteiger partial charge on any atom is -0.479 e. The second-order valence-electron chi connectivity index (χ2n) is 18.2. The van der Waals surface area contributed by atoms with Gasteiger partial charge in [-0.15, -0.1) is 0 Å². The molecule has 0 saturated carbocycles. The topological polar surface area (TPSA) is 98.2 Å². The smallest absolute Gasteiger partial charge is 0.339 e. The average molecular weight is 993 g/mol. The van der Waals surface area contributed by atoms with Crippen LogP contribution in [0.2, 0.25) is 10.0 Å². The number of pyridine rings is 1. The molecule has 2 unspecified atom stereocenters. The molecule has 7 rings (SSSR count). The molecule has 1 N–H and O–H groups in total. The first-order valence-corrected chi connectivity index (χ1v) is 23.3. The van der Waals surface area contributed by atoms with Crippen LogP contribution in [0.5, 0.6) is 0 Å². The molecule has 0 spiro atoms. The predicted octanol–water partition coefficient (Wildman–Crippen LogP) is 15.2. The van der Waals surface area contributed by atoms with Gasteiger partial charge in [0.25, 0.3) is 0 Å². The number of halogens is 3. The standard InChI is InChI=1S/C30H31ClN2O3.C25H26BrClO3/c1-18-25(20-13-16-24(32-17-20)33(5)6)22-9-7-8-10-23(22)27(19-11-14-21(31)15-12-19)26(18)28(29(34)35)36-30(2,3)4;1-6-29-24(28)23(30-25(3,4)5)20-15(2)22(26)19-10-8-7-9-18(19)21(20)16-11-13-17(27)14-12-16/h7-17,28H,1-6H3,(H,34,35);7-14,23H,6H2,1-5H3. The van der Waals surface area contributed by atoms with Gasteiger partial charge in [0.15, 0.2) is 12.2 Å². The minimum absolute atomic E-state index is 0.285. The molecule has 0 aliphatic carbocycles. The summed E-state index contributed by atoms with van der Waals surface area (Å²) < 4.78 is 18.8. The molecule has 0 bridgehead atoms. The molecule has 1 aromatic heterocycles. The highest BCUT2D eigenvalue weighted by molar-refractivity contribution is 9.10. The Morgan fingerprint density at radius 3 is 1.48 bits per heavy atom. The fourth-order valence-electron chi connectivity index (χ4n) is 8.20. The molecule has 8 nitrogen and oxygen atoms in total. The number of carbonyl (C=O) groups is 2. The molecule has 344 valence electrons. The Labute approximate surface area is 407 Å². The maximum Gasteiger partial charge on any atom is 0.339 e. The van der Waals surface area contributed by atoms with Crippen molar-refractivity contribution in [2.75, 3.05) is 25.6 Å². The van der Waals surface area contributed by atoms with Gasteiger partial charge in [0.05, 0.1) is 17.8 Å². The zero-order valence-corrected chi connectivity index (χ0v) is 42.4. The third kappa shape index (κ3) is 11.3. The van der Waals surface area contributed by atoms with Crippen molar-refractivity contribution >= 4 is 78.4 Å². The van der Waals surface area contributed by atoms with Gasteiger partial charge in [0, 0.05) is 51.5 Å². The first-order valence-electron chi connectivity index (χ1n) is 21.8. The molecule has 0 amide bonds. The number of nitrogens with zero attached hydrogens (tertiary/aromatic N) is 2. The second kappa shape index (κ2) is 20.7. The van der Waals surface area contributed by atoms with Gasteiger partial charge in [-0.1, -0.05) is 96.0 Å². The predicted molar refractivity (Wildman–Crippen MR) is 275 cm³/mol. The van der Waals surface area contributed by atoms with Crippen molar-refractivity contribution in [2.45, 2.75) is 85.7 Å². The number of hydrogen-bond acceptors (Lipinski definition) is 7. The number of esters is 1. The van der Waals surface area contributed by atoms with Crippen molar-refractivity contribution in [3.63, 3.8) is 0 Å². The lowest BCUT2D eigenvalue weighted by atomic mass is 9.82. The van der Waals surface area contributed by atoms with Crippen molar-refractivity contribution in [1.29, 1.82) is 0 Å². The van der Waals surface area contributed by atoms with Gasteiger partial charge in [-0.25, -0.2) is 14.6 Å². The number of hydrogen-bond donors (Lipinski definition) is 1. The lowest BCUT2D eigenvalue weighted by Crippen LogP contribution is -2.29. The van der Waals surface area contributed by atoms with Crippen LogP contribution in [0.25, 0.3) is 54.9 Å². The summed E-state index contributed by atoms with van der Waals surface area (Å²) in [6.45, 7) is 17.5. The molecule has 2 atom stereocenters. The van der Waals surface area contributed by atoms with E-state index in [-0.39, 0.29) is 6.61 Å². The quantitative estimate of drug-likeness (QED) is 0.128. The lowest BCUT2D eigenvalue weighted by Gasteiger charge is -2.30. The van der Waals surface area contributed by atoms with Crippen LogP contribution in [0, 0.1) is 13.8 Å². The van der Waals surface area contributed by atoms with E-state index in [9.17, 15) is 14.7 Å². The van der Waals surface area contributed by atoms with Crippen LogP contribution in [0.3, 0.4) is 0 Å². The van der Waals surface area contributed by atoms with E-state index in [1.54, 1.807) is 6.92 Å². The maximum absolute atomic E-state index is 13.1. The second-order valence-corrected chi connectivity index (χ2v) is 19.9. The number of aromatic nitrogens is 1. The Morgan fingerprint density at radius 1 is 0.636 bits per heavy atom. The van der Waals surface area contributed by atoms with Gasteiger partial charge >= 0.3 is 11.9 Å². The number of aliphatic carboxylic acids is 1. The molecular weight excluding hydrogens is 935 g/mol. The molecule has 0 aliphatic heterocycles. The summed E-state index contributed by atoms with van der Waals surface area (Å²) in [4.78, 5) is 32.4. The summed E-state index contributed by atoms with van der Waals surface area (Å²) >= 11 is 16.1. The fourth-order valence-corrected chi connectivity index (χ4v) is 9.01. The van der Waals surface area contributed by atoms with Gasteiger partial charge in [-0.05, 0) is 175 Å². The summed E-state index contributed by atoms with van der Waals surface area (Å²) in [6, 6.07) is 35.4. The normalized spacial score (nSPS) is 12.6. The van der Waals surface area contributed by atoms with Gasteiger partial charge in [-0.2, -0.15) is 0 Å². The highest BCUT2D eigenvalue weighted by atomic mass is 79.9. The molecule has 0 aliphatic rings. The number of rotatable bonds is 11. The largest absolute Gasteiger partial charge is 0.479 e. The zero-order valence-electron chi connectivity index (χ0n) is 39.3. The molecule has 0 radical (unpaired) electrons. The van der Waals surface area contributed by atoms with Gasteiger partial charge in [0.1, 0.15) is 5.82 Å². The molecule has 0 saturated heterocycles. The van der Waals surface area contributed by atoms with Crippen LogP contribution < -0.4 is 4.90 Å². The zero-order chi connectivity index (χ0) is 48.2. The van der Waals surface area contributed by atoms with Crippen LogP contribution >= 0.6 is 39.1 Å². The van der Waals surface area contributed by atoms with E-state index in [0.29, 0.717) is 15.6 Å². The van der Waals surface area contributed by atoms with Gasteiger partial charge in [-0.3, -0.25) is 0 Å². The van der Waals surface area contributed by atoms with Crippen molar-refractivity contribution in [3.8, 4) is 33.4 Å². The molecular formula is C55H57BrCl2N2O6.